The van der Waals surface area contributed by atoms with E-state index in [1.54, 1.807) is 0 Å². The summed E-state index contributed by atoms with van der Waals surface area (Å²) in [5, 5.41) is 0. The Morgan fingerprint density at radius 2 is 0.875 bits per heavy atom. The van der Waals surface area contributed by atoms with Gasteiger partial charge in [-0.3, -0.25) is 19.2 Å². The fraction of sp³-hybridized carbons (Fsp3) is 0.600. The molecule has 0 N–H and O–H groups in total. The van der Waals surface area contributed by atoms with E-state index in [1.807, 2.05) is 0 Å². The fourth-order valence-electron chi connectivity index (χ4n) is 2.75. The summed E-state index contributed by atoms with van der Waals surface area (Å²) >= 11 is 0. The van der Waals surface area contributed by atoms with Crippen LogP contribution in [-0.4, -0.2) is 23.9 Å². The standard InChI is InChI=1S/C10H8O6/c11-7-3-1-4-6(10(14)16-8(4)12)2-5(3)9(13)15-7/h3-6H,1-2H2. The average Bonchev–Trinajstić information content (AvgIpc) is 2.67. The van der Waals surface area contributed by atoms with E-state index in [9.17, 15) is 19.2 Å². The van der Waals surface area contributed by atoms with Gasteiger partial charge in [0.05, 0.1) is 23.7 Å². The van der Waals surface area contributed by atoms with Gasteiger partial charge in [-0.05, 0) is 12.8 Å². The van der Waals surface area contributed by atoms with Crippen molar-refractivity contribution in [3.05, 3.63) is 0 Å². The molecule has 4 atom stereocenters. The maximum absolute atomic E-state index is 11.3. The van der Waals surface area contributed by atoms with Crippen molar-refractivity contribution in [1.29, 1.82) is 0 Å². The Bertz CT molecular complexity index is 349. The van der Waals surface area contributed by atoms with E-state index >= 15 is 0 Å². The lowest BCUT2D eigenvalue weighted by Crippen LogP contribution is -2.35. The molecule has 0 aromatic carbocycles. The first-order chi connectivity index (χ1) is 7.58. The van der Waals surface area contributed by atoms with E-state index in [0.717, 1.165) is 0 Å². The Morgan fingerprint density at radius 3 is 1.12 bits per heavy atom. The van der Waals surface area contributed by atoms with Crippen molar-refractivity contribution >= 4 is 23.9 Å². The molecule has 84 valence electrons. The zero-order valence-corrected chi connectivity index (χ0v) is 8.17. The Balaban J connectivity index is 1.92. The maximum atomic E-state index is 11.3. The lowest BCUT2D eigenvalue weighted by atomic mass is 9.70. The molecule has 2 heterocycles. The van der Waals surface area contributed by atoms with Gasteiger partial charge in [-0.25, -0.2) is 0 Å². The van der Waals surface area contributed by atoms with E-state index in [1.165, 1.54) is 0 Å². The molecule has 3 fully saturated rings. The third-order valence-corrected chi connectivity index (χ3v) is 3.60. The van der Waals surface area contributed by atoms with Gasteiger partial charge in [-0.1, -0.05) is 0 Å². The van der Waals surface area contributed by atoms with Crippen LogP contribution < -0.4 is 0 Å². The number of rotatable bonds is 0. The highest BCUT2D eigenvalue weighted by Gasteiger charge is 2.57. The monoisotopic (exact) mass is 224 g/mol. The molecule has 2 saturated heterocycles. The van der Waals surface area contributed by atoms with Crippen LogP contribution >= 0.6 is 0 Å². The summed E-state index contributed by atoms with van der Waals surface area (Å²) in [5.41, 5.74) is 0. The number of hydrogen-bond acceptors (Lipinski definition) is 6. The Morgan fingerprint density at radius 1 is 0.625 bits per heavy atom. The molecule has 0 bridgehead atoms. The predicted molar refractivity (Wildman–Crippen MR) is 45.4 cm³/mol. The highest BCUT2D eigenvalue weighted by Crippen LogP contribution is 2.45. The van der Waals surface area contributed by atoms with Crippen LogP contribution in [0.2, 0.25) is 0 Å². The molecule has 3 aliphatic rings. The Labute approximate surface area is 89.9 Å². The third kappa shape index (κ3) is 1.07. The van der Waals surface area contributed by atoms with Gasteiger partial charge in [0.15, 0.2) is 0 Å². The minimum atomic E-state index is -0.583. The summed E-state index contributed by atoms with van der Waals surface area (Å²) in [6.07, 6.45) is 0.370. The summed E-state index contributed by atoms with van der Waals surface area (Å²) in [6, 6.07) is 0. The molecule has 4 unspecified atom stereocenters. The summed E-state index contributed by atoms with van der Waals surface area (Å²) in [5.74, 6) is -4.64. The van der Waals surface area contributed by atoms with E-state index in [0.29, 0.717) is 0 Å². The summed E-state index contributed by atoms with van der Waals surface area (Å²) in [4.78, 5) is 45.3. The Hall–Kier alpha value is -1.72. The zero-order valence-electron chi connectivity index (χ0n) is 8.17. The van der Waals surface area contributed by atoms with Crippen molar-refractivity contribution in [2.24, 2.45) is 23.7 Å². The van der Waals surface area contributed by atoms with Gasteiger partial charge in [-0.15, -0.1) is 0 Å². The van der Waals surface area contributed by atoms with E-state index in [2.05, 4.69) is 9.47 Å². The molecule has 0 spiro atoms. The number of ether oxygens (including phenoxy) is 2. The van der Waals surface area contributed by atoms with Crippen molar-refractivity contribution in [3.63, 3.8) is 0 Å². The summed E-state index contributed by atoms with van der Waals surface area (Å²) in [7, 11) is 0. The summed E-state index contributed by atoms with van der Waals surface area (Å²) in [6.45, 7) is 0. The van der Waals surface area contributed by atoms with E-state index < -0.39 is 47.5 Å². The van der Waals surface area contributed by atoms with Gasteiger partial charge in [0.2, 0.25) is 0 Å². The van der Waals surface area contributed by atoms with Crippen LogP contribution in [0.15, 0.2) is 0 Å². The van der Waals surface area contributed by atoms with Gasteiger partial charge in [-0.2, -0.15) is 0 Å². The van der Waals surface area contributed by atoms with Crippen LogP contribution in [0.5, 0.6) is 0 Å². The maximum Gasteiger partial charge on any atom is 0.317 e. The first kappa shape index (κ1) is 9.50. The van der Waals surface area contributed by atoms with Crippen LogP contribution in [0.1, 0.15) is 12.8 Å². The second-order valence-corrected chi connectivity index (χ2v) is 4.38. The first-order valence-corrected chi connectivity index (χ1v) is 5.09. The molecule has 2 aliphatic heterocycles. The van der Waals surface area contributed by atoms with Crippen LogP contribution in [0.3, 0.4) is 0 Å². The summed E-state index contributed by atoms with van der Waals surface area (Å²) < 4.78 is 9.01. The van der Waals surface area contributed by atoms with Gasteiger partial charge in [0.25, 0.3) is 0 Å². The van der Waals surface area contributed by atoms with Gasteiger partial charge in [0.1, 0.15) is 0 Å². The first-order valence-electron chi connectivity index (χ1n) is 5.09. The fourth-order valence-corrected chi connectivity index (χ4v) is 2.75. The number of fused-ring (bicyclic) bond motifs is 2. The smallest absolute Gasteiger partial charge is 0.317 e. The van der Waals surface area contributed by atoms with Crippen LogP contribution in [0.4, 0.5) is 0 Å². The van der Waals surface area contributed by atoms with Gasteiger partial charge >= 0.3 is 23.9 Å². The zero-order chi connectivity index (χ0) is 11.4. The topological polar surface area (TPSA) is 86.7 Å². The Kier molecular flexibility index (Phi) is 1.72. The molecule has 0 radical (unpaired) electrons. The normalized spacial score (nSPS) is 41.5. The number of hydrogen-bond donors (Lipinski definition) is 0. The number of cyclic esters (lactones) is 4. The molecule has 6 nitrogen and oxygen atoms in total. The highest BCUT2D eigenvalue weighted by molar-refractivity contribution is 6.01. The van der Waals surface area contributed by atoms with Crippen molar-refractivity contribution in [3.8, 4) is 0 Å². The number of esters is 4. The lowest BCUT2D eigenvalue weighted by Gasteiger charge is -2.25. The number of carbonyl (C=O) groups is 4. The van der Waals surface area contributed by atoms with Gasteiger partial charge in [0, 0.05) is 0 Å². The van der Waals surface area contributed by atoms with Gasteiger partial charge < -0.3 is 9.47 Å². The SMILES string of the molecule is O=C1OC(=O)C2CC3C(=O)OC(=O)C3CC12. The molecule has 0 amide bonds. The molecular formula is C10H8O6. The van der Waals surface area contributed by atoms with Crippen molar-refractivity contribution in [2.45, 2.75) is 12.8 Å². The van der Waals surface area contributed by atoms with Crippen molar-refractivity contribution < 1.29 is 28.7 Å². The molecule has 1 aliphatic carbocycles. The molecule has 1 saturated carbocycles. The quantitative estimate of drug-likeness (QED) is 0.404. The van der Waals surface area contributed by atoms with Crippen molar-refractivity contribution in [1.82, 2.24) is 0 Å². The van der Waals surface area contributed by atoms with Crippen LogP contribution in [0, 0.1) is 23.7 Å². The second-order valence-electron chi connectivity index (χ2n) is 4.38. The molecule has 6 heteroatoms. The van der Waals surface area contributed by atoms with Crippen LogP contribution in [-0.2, 0) is 28.7 Å². The predicted octanol–water partition coefficient (Wildman–Crippen LogP) is -0.588. The molecule has 3 rings (SSSR count). The minimum absolute atomic E-state index is 0.185. The second kappa shape index (κ2) is 2.90. The molecular weight excluding hydrogens is 216 g/mol. The molecule has 0 aromatic rings. The lowest BCUT2D eigenvalue weighted by molar-refractivity contribution is -0.154. The van der Waals surface area contributed by atoms with E-state index in [-0.39, 0.29) is 12.8 Å². The largest absolute Gasteiger partial charge is 0.393 e. The third-order valence-electron chi connectivity index (χ3n) is 3.60. The molecule has 0 aromatic heterocycles. The highest BCUT2D eigenvalue weighted by atomic mass is 16.6. The number of carbonyl (C=O) groups excluding carboxylic acids is 4. The van der Waals surface area contributed by atoms with Crippen molar-refractivity contribution in [2.75, 3.05) is 0 Å². The molecule has 16 heavy (non-hydrogen) atoms. The average molecular weight is 224 g/mol. The minimum Gasteiger partial charge on any atom is -0.393 e. The van der Waals surface area contributed by atoms with Crippen LogP contribution in [0.25, 0.3) is 0 Å². The van der Waals surface area contributed by atoms with E-state index in [4.69, 9.17) is 0 Å².